The number of fused-ring (bicyclic) bond motifs is 5. The van der Waals surface area contributed by atoms with E-state index < -0.39 is 5.60 Å². The molecule has 4 saturated carbocycles. The first-order valence-electron chi connectivity index (χ1n) is 10.1. The van der Waals surface area contributed by atoms with E-state index in [2.05, 4.69) is 6.92 Å². The van der Waals surface area contributed by atoms with Crippen LogP contribution in [0, 0.1) is 34.5 Å². The largest absolute Gasteiger partial charge is 0.390 e. The van der Waals surface area contributed by atoms with Gasteiger partial charge in [0.15, 0.2) is 0 Å². The van der Waals surface area contributed by atoms with Crippen molar-refractivity contribution in [2.45, 2.75) is 77.2 Å². The fourth-order valence-electron chi connectivity index (χ4n) is 7.55. The van der Waals surface area contributed by atoms with Gasteiger partial charge in [0.05, 0.1) is 12.2 Å². The van der Waals surface area contributed by atoms with Gasteiger partial charge in [0.25, 0.3) is 0 Å². The van der Waals surface area contributed by atoms with Gasteiger partial charge in [-0.1, -0.05) is 6.92 Å². The van der Waals surface area contributed by atoms with Crippen molar-refractivity contribution in [3.63, 3.8) is 0 Å². The first-order chi connectivity index (χ1) is 11.3. The molecule has 0 aromatic carbocycles. The maximum atomic E-state index is 12.5. The summed E-state index contributed by atoms with van der Waals surface area (Å²) in [4.78, 5) is 12.5. The average Bonchev–Trinajstić information content (AvgIpc) is 2.83. The van der Waals surface area contributed by atoms with Gasteiger partial charge in [0.1, 0.15) is 5.78 Å². The molecule has 7 atom stereocenters. The lowest BCUT2D eigenvalue weighted by molar-refractivity contribution is -0.173. The molecule has 0 amide bonds. The molecule has 0 unspecified atom stereocenters. The number of ether oxygens (including phenoxy) is 1. The molecule has 4 rings (SSSR count). The van der Waals surface area contributed by atoms with Crippen molar-refractivity contribution >= 4 is 5.78 Å². The Bertz CT molecular complexity index is 527. The van der Waals surface area contributed by atoms with E-state index in [4.69, 9.17) is 4.74 Å². The summed E-state index contributed by atoms with van der Waals surface area (Å²) in [7, 11) is 1.84. The van der Waals surface area contributed by atoms with Crippen LogP contribution in [-0.4, -0.2) is 30.2 Å². The van der Waals surface area contributed by atoms with Crippen LogP contribution in [0.3, 0.4) is 0 Å². The summed E-state index contributed by atoms with van der Waals surface area (Å²) in [5.74, 6) is 3.10. The van der Waals surface area contributed by atoms with E-state index in [0.29, 0.717) is 29.5 Å². The summed E-state index contributed by atoms with van der Waals surface area (Å²) in [5, 5.41) is 10.6. The van der Waals surface area contributed by atoms with Crippen molar-refractivity contribution in [3.05, 3.63) is 0 Å². The minimum Gasteiger partial charge on any atom is -0.390 e. The number of hydrogen-bond acceptors (Lipinski definition) is 3. The zero-order chi connectivity index (χ0) is 17.2. The van der Waals surface area contributed by atoms with Crippen LogP contribution in [0.2, 0.25) is 0 Å². The van der Waals surface area contributed by atoms with Crippen LogP contribution in [0.5, 0.6) is 0 Å². The van der Waals surface area contributed by atoms with Crippen LogP contribution in [0.15, 0.2) is 0 Å². The van der Waals surface area contributed by atoms with Gasteiger partial charge in [-0.05, 0) is 87.4 Å². The lowest BCUT2D eigenvalue weighted by Gasteiger charge is -2.62. The summed E-state index contributed by atoms with van der Waals surface area (Å²) in [6.45, 7) is 5.11. The number of methoxy groups -OCH3 is 1. The molecule has 136 valence electrons. The Morgan fingerprint density at radius 3 is 2.62 bits per heavy atom. The molecule has 3 nitrogen and oxygen atoms in total. The third-order valence-corrected chi connectivity index (χ3v) is 8.77. The van der Waals surface area contributed by atoms with Gasteiger partial charge in [-0.2, -0.15) is 0 Å². The Hall–Kier alpha value is -0.410. The van der Waals surface area contributed by atoms with E-state index in [1.54, 1.807) is 0 Å². The van der Waals surface area contributed by atoms with Crippen molar-refractivity contribution in [1.82, 2.24) is 0 Å². The fraction of sp³-hybridized carbons (Fsp3) is 0.952. The van der Waals surface area contributed by atoms with Gasteiger partial charge in [0, 0.05) is 18.9 Å². The van der Waals surface area contributed by atoms with Gasteiger partial charge >= 0.3 is 0 Å². The van der Waals surface area contributed by atoms with E-state index in [1.807, 2.05) is 14.0 Å². The van der Waals surface area contributed by atoms with Gasteiger partial charge in [-0.3, -0.25) is 4.79 Å². The van der Waals surface area contributed by atoms with Gasteiger partial charge in [-0.15, -0.1) is 0 Å². The number of rotatable bonds is 2. The minimum absolute atomic E-state index is 0.0393. The molecule has 0 spiro atoms. The maximum Gasteiger partial charge on any atom is 0.139 e. The predicted octanol–water partition coefficient (Wildman–Crippen LogP) is 3.98. The van der Waals surface area contributed by atoms with Crippen molar-refractivity contribution in [3.8, 4) is 0 Å². The predicted molar refractivity (Wildman–Crippen MR) is 93.6 cm³/mol. The standard InChI is InChI=1S/C21H34O3/c1-19(23)10-11-21(13-24-3)14(12-19)4-5-15-16-6-7-18(22)20(16,2)9-8-17(15)21/h14-17,23H,4-13H2,1-3H3/t14-,15-,16-,17-,19+,20-,21+/m0/s1. The van der Waals surface area contributed by atoms with Gasteiger partial charge in [0.2, 0.25) is 0 Å². The van der Waals surface area contributed by atoms with Crippen LogP contribution in [0.25, 0.3) is 0 Å². The topological polar surface area (TPSA) is 46.5 Å². The lowest BCUT2D eigenvalue weighted by Crippen LogP contribution is -2.58. The third kappa shape index (κ3) is 2.26. The number of aliphatic hydroxyl groups is 1. The summed E-state index contributed by atoms with van der Waals surface area (Å²) < 4.78 is 5.77. The minimum atomic E-state index is -0.499. The summed E-state index contributed by atoms with van der Waals surface area (Å²) in [6.07, 6.45) is 9.57. The quantitative estimate of drug-likeness (QED) is 0.831. The normalized spacial score (nSPS) is 54.1. The Morgan fingerprint density at radius 1 is 1.08 bits per heavy atom. The summed E-state index contributed by atoms with van der Waals surface area (Å²) in [5.41, 5.74) is -0.295. The molecular weight excluding hydrogens is 300 g/mol. The number of carbonyl (C=O) groups is 1. The average molecular weight is 335 g/mol. The fourth-order valence-corrected chi connectivity index (χ4v) is 7.55. The number of hydrogen-bond donors (Lipinski definition) is 1. The molecule has 1 N–H and O–H groups in total. The zero-order valence-corrected chi connectivity index (χ0v) is 15.6. The molecule has 0 saturated heterocycles. The first-order valence-corrected chi connectivity index (χ1v) is 10.1. The van der Waals surface area contributed by atoms with Crippen LogP contribution in [0.4, 0.5) is 0 Å². The molecule has 0 bridgehead atoms. The monoisotopic (exact) mass is 334 g/mol. The van der Waals surface area contributed by atoms with E-state index >= 15 is 0 Å². The molecule has 0 heterocycles. The van der Waals surface area contributed by atoms with E-state index in [-0.39, 0.29) is 10.8 Å². The maximum absolute atomic E-state index is 12.5. The Morgan fingerprint density at radius 2 is 1.88 bits per heavy atom. The summed E-state index contributed by atoms with van der Waals surface area (Å²) >= 11 is 0. The van der Waals surface area contributed by atoms with Gasteiger partial charge in [-0.25, -0.2) is 0 Å². The highest BCUT2D eigenvalue weighted by atomic mass is 16.5. The van der Waals surface area contributed by atoms with E-state index in [1.165, 1.54) is 19.3 Å². The Balaban J connectivity index is 1.67. The van der Waals surface area contributed by atoms with Crippen molar-refractivity contribution in [2.75, 3.05) is 13.7 Å². The molecule has 4 fully saturated rings. The lowest BCUT2D eigenvalue weighted by atomic mass is 9.44. The Labute approximate surface area is 146 Å². The van der Waals surface area contributed by atoms with Gasteiger partial charge < -0.3 is 9.84 Å². The van der Waals surface area contributed by atoms with Crippen LogP contribution >= 0.6 is 0 Å². The zero-order valence-electron chi connectivity index (χ0n) is 15.6. The molecule has 4 aliphatic rings. The smallest absolute Gasteiger partial charge is 0.139 e. The molecule has 0 radical (unpaired) electrons. The highest BCUT2D eigenvalue weighted by molar-refractivity contribution is 5.87. The van der Waals surface area contributed by atoms with Crippen molar-refractivity contribution in [2.24, 2.45) is 34.5 Å². The number of carbonyl (C=O) groups excluding carboxylic acids is 1. The highest BCUT2D eigenvalue weighted by Crippen LogP contribution is 2.66. The molecule has 0 aromatic rings. The van der Waals surface area contributed by atoms with Crippen molar-refractivity contribution in [1.29, 1.82) is 0 Å². The molecule has 3 heteroatoms. The van der Waals surface area contributed by atoms with Crippen LogP contribution < -0.4 is 0 Å². The first kappa shape index (κ1) is 17.0. The van der Waals surface area contributed by atoms with Crippen LogP contribution in [-0.2, 0) is 9.53 Å². The molecule has 0 aliphatic heterocycles. The van der Waals surface area contributed by atoms with E-state index in [0.717, 1.165) is 45.1 Å². The highest BCUT2D eigenvalue weighted by Gasteiger charge is 2.62. The van der Waals surface area contributed by atoms with Crippen LogP contribution in [0.1, 0.15) is 71.6 Å². The molecule has 4 aliphatic carbocycles. The Kier molecular flexibility index (Phi) is 3.93. The van der Waals surface area contributed by atoms with E-state index in [9.17, 15) is 9.90 Å². The summed E-state index contributed by atoms with van der Waals surface area (Å²) in [6, 6.07) is 0. The van der Waals surface area contributed by atoms with Crippen molar-refractivity contribution < 1.29 is 14.6 Å². The number of ketones is 1. The second kappa shape index (κ2) is 5.54. The number of Topliss-reactive ketones (excluding diaryl/α,β-unsaturated/α-hetero) is 1. The third-order valence-electron chi connectivity index (χ3n) is 8.77. The molecule has 24 heavy (non-hydrogen) atoms. The second-order valence-electron chi connectivity index (χ2n) is 9.94. The second-order valence-corrected chi connectivity index (χ2v) is 9.94. The SMILES string of the molecule is COC[C@]12CC[C@@](C)(O)C[C@@H]1CC[C@@H]1[C@@H]2CC[C@]2(C)C(=O)CC[C@@H]12. The molecular formula is C21H34O3. The molecule has 0 aromatic heterocycles.